The van der Waals surface area contributed by atoms with Crippen molar-refractivity contribution in [1.29, 1.82) is 5.26 Å². The molecule has 0 atom stereocenters. The highest BCUT2D eigenvalue weighted by Gasteiger charge is 2.12. The fraction of sp³-hybridized carbons (Fsp3) is 0.267. The number of rotatable bonds is 5. The van der Waals surface area contributed by atoms with Crippen LogP contribution in [-0.2, 0) is 17.8 Å². The number of aromatic nitrogens is 1. The van der Waals surface area contributed by atoms with Crippen molar-refractivity contribution < 1.29 is 9.36 Å². The Morgan fingerprint density at radius 1 is 1.40 bits per heavy atom. The van der Waals surface area contributed by atoms with Gasteiger partial charge >= 0.3 is 0 Å². The van der Waals surface area contributed by atoms with Crippen molar-refractivity contribution in [2.45, 2.75) is 26.3 Å². The maximum Gasteiger partial charge on any atom is 0.290 e. The third kappa shape index (κ3) is 3.65. The minimum absolute atomic E-state index is 0.128. The molecule has 20 heavy (non-hydrogen) atoms. The van der Waals surface area contributed by atoms with Gasteiger partial charge in [0.2, 0.25) is 6.54 Å². The lowest BCUT2D eigenvalue weighted by atomic mass is 10.2. The first-order valence-electron chi connectivity index (χ1n) is 6.48. The number of anilines is 1. The van der Waals surface area contributed by atoms with Gasteiger partial charge in [-0.25, -0.2) is 0 Å². The first-order valence-corrected chi connectivity index (χ1v) is 7.36. The number of nitrogens with one attached hydrogen (secondary N) is 1. The smallest absolute Gasteiger partial charge is 0.290 e. The van der Waals surface area contributed by atoms with Gasteiger partial charge in [-0.2, -0.15) is 9.83 Å². The first-order chi connectivity index (χ1) is 9.72. The standard InChI is InChI=1S/C15H15N3OS/c1-2-3-12-4-7-18(8-5-12)11-14(19)17-15-13(10-16)6-9-20-15/h4-9H,2-3,11H2,1H3/p+1. The molecule has 0 aromatic carbocycles. The molecule has 1 N–H and O–H groups in total. The molecule has 1 amide bonds. The summed E-state index contributed by atoms with van der Waals surface area (Å²) in [5, 5.41) is 14.1. The van der Waals surface area contributed by atoms with Gasteiger partial charge in [0.25, 0.3) is 5.91 Å². The number of amides is 1. The van der Waals surface area contributed by atoms with E-state index in [0.29, 0.717) is 10.6 Å². The van der Waals surface area contributed by atoms with E-state index in [0.717, 1.165) is 12.8 Å². The van der Waals surface area contributed by atoms with Crippen molar-refractivity contribution >= 4 is 22.2 Å². The van der Waals surface area contributed by atoms with Gasteiger partial charge in [-0.3, -0.25) is 4.79 Å². The summed E-state index contributed by atoms with van der Waals surface area (Å²) in [5.41, 5.74) is 1.78. The van der Waals surface area contributed by atoms with E-state index in [4.69, 9.17) is 5.26 Å². The van der Waals surface area contributed by atoms with Crippen molar-refractivity contribution in [2.75, 3.05) is 5.32 Å². The van der Waals surface area contributed by atoms with Crippen LogP contribution in [0.4, 0.5) is 5.00 Å². The van der Waals surface area contributed by atoms with Gasteiger partial charge in [-0.15, -0.1) is 11.3 Å². The van der Waals surface area contributed by atoms with Crippen LogP contribution in [0.25, 0.3) is 0 Å². The van der Waals surface area contributed by atoms with E-state index in [9.17, 15) is 4.79 Å². The molecule has 2 aromatic heterocycles. The van der Waals surface area contributed by atoms with E-state index in [-0.39, 0.29) is 12.5 Å². The van der Waals surface area contributed by atoms with Crippen LogP contribution in [0.1, 0.15) is 24.5 Å². The summed E-state index contributed by atoms with van der Waals surface area (Å²) in [6.07, 6.45) is 5.97. The minimum atomic E-state index is -0.128. The Balaban J connectivity index is 1.96. The molecule has 0 unspecified atom stereocenters. The zero-order chi connectivity index (χ0) is 14.4. The second-order valence-corrected chi connectivity index (χ2v) is 5.37. The van der Waals surface area contributed by atoms with Crippen LogP contribution in [0.5, 0.6) is 0 Å². The van der Waals surface area contributed by atoms with Crippen molar-refractivity contribution in [3.05, 3.63) is 47.1 Å². The van der Waals surface area contributed by atoms with E-state index in [1.54, 1.807) is 11.4 Å². The minimum Gasteiger partial charge on any atom is -0.311 e. The van der Waals surface area contributed by atoms with Gasteiger partial charge in [0, 0.05) is 12.1 Å². The highest BCUT2D eigenvalue weighted by Crippen LogP contribution is 2.21. The van der Waals surface area contributed by atoms with Crippen LogP contribution in [0, 0.1) is 11.3 Å². The Kier molecular flexibility index (Phi) is 4.85. The normalized spacial score (nSPS) is 10.0. The number of hydrogen-bond donors (Lipinski definition) is 1. The average Bonchev–Trinajstić information content (AvgIpc) is 2.88. The molecule has 2 heterocycles. The molecule has 0 aliphatic heterocycles. The van der Waals surface area contributed by atoms with Crippen molar-refractivity contribution in [3.8, 4) is 6.07 Å². The SMILES string of the molecule is CCCc1cc[n+](CC(=O)Nc2sccc2C#N)cc1. The summed E-state index contributed by atoms with van der Waals surface area (Å²) in [6.45, 7) is 2.39. The van der Waals surface area contributed by atoms with Crippen molar-refractivity contribution in [2.24, 2.45) is 0 Å². The summed E-state index contributed by atoms with van der Waals surface area (Å²) in [6, 6.07) is 7.82. The van der Waals surface area contributed by atoms with Crippen LogP contribution in [0.3, 0.4) is 0 Å². The fourth-order valence-corrected chi connectivity index (χ4v) is 2.63. The maximum atomic E-state index is 11.9. The molecule has 0 aliphatic rings. The number of nitrogens with zero attached hydrogens (tertiary/aromatic N) is 2. The number of nitriles is 1. The highest BCUT2D eigenvalue weighted by atomic mass is 32.1. The maximum absolute atomic E-state index is 11.9. The Hall–Kier alpha value is -2.19. The molecule has 0 fully saturated rings. The Bertz CT molecular complexity index is 625. The van der Waals surface area contributed by atoms with E-state index in [1.807, 2.05) is 29.1 Å². The Morgan fingerprint density at radius 3 is 2.80 bits per heavy atom. The monoisotopic (exact) mass is 286 g/mol. The molecule has 2 aromatic rings. The van der Waals surface area contributed by atoms with Gasteiger partial charge in [-0.1, -0.05) is 13.3 Å². The van der Waals surface area contributed by atoms with Gasteiger partial charge in [0.15, 0.2) is 12.4 Å². The molecule has 0 spiro atoms. The van der Waals surface area contributed by atoms with E-state index in [1.165, 1.54) is 16.9 Å². The molecule has 0 saturated carbocycles. The summed E-state index contributed by atoms with van der Waals surface area (Å²) in [5.74, 6) is -0.128. The molecule has 5 heteroatoms. The third-order valence-corrected chi connectivity index (χ3v) is 3.69. The quantitative estimate of drug-likeness (QED) is 0.859. The Morgan fingerprint density at radius 2 is 2.15 bits per heavy atom. The number of carbonyl (C=O) groups is 1. The molecule has 0 aliphatic carbocycles. The number of aryl methyl sites for hydroxylation is 1. The number of hydrogen-bond acceptors (Lipinski definition) is 3. The molecular formula is C15H16N3OS+. The number of thiophene rings is 1. The summed E-state index contributed by atoms with van der Waals surface area (Å²) < 4.78 is 1.83. The first kappa shape index (κ1) is 14.2. The predicted octanol–water partition coefficient (Wildman–Crippen LogP) is 2.50. The van der Waals surface area contributed by atoms with Crippen molar-refractivity contribution in [3.63, 3.8) is 0 Å². The van der Waals surface area contributed by atoms with E-state index in [2.05, 4.69) is 18.3 Å². The van der Waals surface area contributed by atoms with Gasteiger partial charge in [-0.05, 0) is 23.4 Å². The average molecular weight is 286 g/mol. The van der Waals surface area contributed by atoms with Crippen LogP contribution in [-0.4, -0.2) is 5.91 Å². The lowest BCUT2D eigenvalue weighted by Gasteiger charge is -2.01. The highest BCUT2D eigenvalue weighted by molar-refractivity contribution is 7.14. The molecule has 0 bridgehead atoms. The lowest BCUT2D eigenvalue weighted by Crippen LogP contribution is -2.39. The van der Waals surface area contributed by atoms with E-state index < -0.39 is 0 Å². The van der Waals surface area contributed by atoms with Crippen LogP contribution in [0.15, 0.2) is 36.0 Å². The van der Waals surface area contributed by atoms with Gasteiger partial charge in [0.1, 0.15) is 11.1 Å². The summed E-state index contributed by atoms with van der Waals surface area (Å²) >= 11 is 1.36. The van der Waals surface area contributed by atoms with E-state index >= 15 is 0 Å². The van der Waals surface area contributed by atoms with Crippen LogP contribution < -0.4 is 9.88 Å². The number of pyridine rings is 1. The molecule has 2 rings (SSSR count). The largest absolute Gasteiger partial charge is 0.311 e. The summed E-state index contributed by atoms with van der Waals surface area (Å²) in [7, 11) is 0. The second-order valence-electron chi connectivity index (χ2n) is 4.45. The fourth-order valence-electron chi connectivity index (χ4n) is 1.88. The molecular weight excluding hydrogens is 270 g/mol. The third-order valence-electron chi connectivity index (χ3n) is 2.86. The van der Waals surface area contributed by atoms with Crippen LogP contribution in [0.2, 0.25) is 0 Å². The second kappa shape index (κ2) is 6.83. The zero-order valence-electron chi connectivity index (χ0n) is 11.3. The zero-order valence-corrected chi connectivity index (χ0v) is 12.1. The molecule has 0 radical (unpaired) electrons. The molecule has 4 nitrogen and oxygen atoms in total. The molecule has 102 valence electrons. The van der Waals surface area contributed by atoms with Crippen molar-refractivity contribution in [1.82, 2.24) is 0 Å². The molecule has 0 saturated heterocycles. The van der Waals surface area contributed by atoms with Gasteiger partial charge < -0.3 is 5.32 Å². The lowest BCUT2D eigenvalue weighted by molar-refractivity contribution is -0.684. The van der Waals surface area contributed by atoms with Gasteiger partial charge in [0.05, 0.1) is 5.56 Å². The predicted molar refractivity (Wildman–Crippen MR) is 78.3 cm³/mol. The number of carbonyl (C=O) groups excluding carboxylic acids is 1. The van der Waals surface area contributed by atoms with Crippen LogP contribution >= 0.6 is 11.3 Å². The topological polar surface area (TPSA) is 56.8 Å². The Labute approximate surface area is 122 Å². The summed E-state index contributed by atoms with van der Waals surface area (Å²) in [4.78, 5) is 11.9.